The van der Waals surface area contributed by atoms with Crippen molar-refractivity contribution in [3.8, 4) is 0 Å². The molecule has 0 aliphatic heterocycles. The zero-order chi connectivity index (χ0) is 23.9. The van der Waals surface area contributed by atoms with Gasteiger partial charge in [-0.2, -0.15) is 0 Å². The van der Waals surface area contributed by atoms with E-state index in [0.717, 1.165) is 19.6 Å². The van der Waals surface area contributed by atoms with Gasteiger partial charge in [-0.15, -0.1) is 0 Å². The van der Waals surface area contributed by atoms with Crippen molar-refractivity contribution in [2.45, 2.75) is 73.3 Å². The van der Waals surface area contributed by atoms with Crippen molar-refractivity contribution in [1.82, 2.24) is 0 Å². The maximum Gasteiger partial charge on any atom is 0.169 e. The standard InChI is InChI=1S/C30H49N3.2BrH/c1-6-11-23-32(24-12-7-2)30-18-16-28(17-19-30)14-15-29-20-25-31(26-21-29)22-13-27-33(8-3,9-4)10-5;;/h14-21,25-26H,6-13,22-24,27H2,1-5H3;2*1H/q+2;;/p-2. The van der Waals surface area contributed by atoms with Crippen LogP contribution in [0.4, 0.5) is 5.69 Å². The molecule has 0 spiro atoms. The quantitative estimate of drug-likeness (QED) is 0.202. The Hall–Kier alpha value is -1.17. The molecule has 0 atom stereocenters. The van der Waals surface area contributed by atoms with Crippen molar-refractivity contribution >= 4 is 17.8 Å². The van der Waals surface area contributed by atoms with E-state index in [9.17, 15) is 0 Å². The molecule has 3 nitrogen and oxygen atoms in total. The van der Waals surface area contributed by atoms with E-state index in [-0.39, 0.29) is 34.0 Å². The molecule has 5 heteroatoms. The zero-order valence-corrected chi connectivity index (χ0v) is 26.0. The van der Waals surface area contributed by atoms with Crippen LogP contribution in [0, 0.1) is 0 Å². The number of hydrogen-bond acceptors (Lipinski definition) is 1. The first-order valence-corrected chi connectivity index (χ1v) is 13.5. The van der Waals surface area contributed by atoms with Gasteiger partial charge in [-0.1, -0.05) is 51.0 Å². The van der Waals surface area contributed by atoms with Gasteiger partial charge in [0.15, 0.2) is 18.9 Å². The van der Waals surface area contributed by atoms with Crippen molar-refractivity contribution in [3.63, 3.8) is 0 Å². The number of anilines is 1. The molecule has 35 heavy (non-hydrogen) atoms. The first-order valence-electron chi connectivity index (χ1n) is 13.5. The Balaban J connectivity index is 0.00000578. The van der Waals surface area contributed by atoms with Crippen LogP contribution in [0.2, 0.25) is 0 Å². The van der Waals surface area contributed by atoms with E-state index in [1.54, 1.807) is 0 Å². The lowest BCUT2D eigenvalue weighted by atomic mass is 10.1. The topological polar surface area (TPSA) is 7.12 Å². The highest BCUT2D eigenvalue weighted by Gasteiger charge is 2.20. The molecule has 0 saturated heterocycles. The van der Waals surface area contributed by atoms with E-state index in [0.29, 0.717) is 0 Å². The lowest BCUT2D eigenvalue weighted by Gasteiger charge is -2.35. The van der Waals surface area contributed by atoms with Gasteiger partial charge < -0.3 is 43.3 Å². The lowest BCUT2D eigenvalue weighted by molar-refractivity contribution is -0.925. The molecule has 1 aromatic carbocycles. The highest BCUT2D eigenvalue weighted by atomic mass is 79.9. The van der Waals surface area contributed by atoms with Crippen molar-refractivity contribution in [3.05, 3.63) is 59.9 Å². The number of aryl methyl sites for hydroxylation is 1. The number of quaternary nitrogens is 1. The van der Waals surface area contributed by atoms with Crippen LogP contribution in [0.5, 0.6) is 0 Å². The molecule has 0 saturated carbocycles. The smallest absolute Gasteiger partial charge is 0.169 e. The minimum absolute atomic E-state index is 0. The predicted molar refractivity (Wildman–Crippen MR) is 145 cm³/mol. The highest BCUT2D eigenvalue weighted by molar-refractivity contribution is 5.70. The molecular formula is C30H49Br2N3. The van der Waals surface area contributed by atoms with Crippen molar-refractivity contribution < 1.29 is 43.0 Å². The summed E-state index contributed by atoms with van der Waals surface area (Å²) in [5, 5.41) is 0. The van der Waals surface area contributed by atoms with E-state index >= 15 is 0 Å². The minimum Gasteiger partial charge on any atom is -1.00 e. The molecule has 198 valence electrons. The SMILES string of the molecule is CCCCN(CCCC)c1ccc(/C=C/c2cc[n+](CCC[N+](CC)(CC)CC)cc2)cc1.[Br-].[Br-]. The van der Waals surface area contributed by atoms with Crippen molar-refractivity contribution in [1.29, 1.82) is 0 Å². The van der Waals surface area contributed by atoms with Gasteiger partial charge in [-0.3, -0.25) is 0 Å². The molecular weight excluding hydrogens is 562 g/mol. The zero-order valence-electron chi connectivity index (χ0n) is 22.9. The summed E-state index contributed by atoms with van der Waals surface area (Å²) in [6.45, 7) is 19.9. The molecule has 0 amide bonds. The molecule has 2 rings (SSSR count). The molecule has 0 aliphatic carbocycles. The van der Waals surface area contributed by atoms with Crippen LogP contribution in [0.25, 0.3) is 12.2 Å². The maximum absolute atomic E-state index is 2.54. The number of aromatic nitrogens is 1. The molecule has 0 aliphatic rings. The van der Waals surface area contributed by atoms with Crippen LogP contribution in [-0.4, -0.2) is 43.8 Å². The molecule has 0 bridgehead atoms. The number of hydrogen-bond donors (Lipinski definition) is 0. The highest BCUT2D eigenvalue weighted by Crippen LogP contribution is 2.18. The summed E-state index contributed by atoms with van der Waals surface area (Å²) >= 11 is 0. The number of rotatable bonds is 16. The van der Waals surface area contributed by atoms with E-state index in [1.165, 1.54) is 79.6 Å². The van der Waals surface area contributed by atoms with Gasteiger partial charge in [0.1, 0.15) is 0 Å². The molecule has 0 N–H and O–H groups in total. The van der Waals surface area contributed by atoms with Crippen molar-refractivity contribution in [2.24, 2.45) is 0 Å². The van der Waals surface area contributed by atoms with Crippen LogP contribution >= 0.6 is 0 Å². The third kappa shape index (κ3) is 11.6. The second-order valence-corrected chi connectivity index (χ2v) is 9.36. The molecule has 0 unspecified atom stereocenters. The number of unbranched alkanes of at least 4 members (excludes halogenated alkanes) is 2. The predicted octanol–water partition coefficient (Wildman–Crippen LogP) is 0.826. The summed E-state index contributed by atoms with van der Waals surface area (Å²) in [5.41, 5.74) is 3.87. The first-order chi connectivity index (χ1) is 16.1. The van der Waals surface area contributed by atoms with Crippen LogP contribution in [0.1, 0.15) is 77.8 Å². The Morgan fingerprint density at radius 1 is 0.686 bits per heavy atom. The van der Waals surface area contributed by atoms with E-state index in [1.807, 2.05) is 0 Å². The third-order valence-corrected chi connectivity index (χ3v) is 7.27. The fourth-order valence-corrected chi connectivity index (χ4v) is 4.52. The molecule has 0 radical (unpaired) electrons. The molecule has 0 fully saturated rings. The largest absolute Gasteiger partial charge is 1.00 e. The average molecular weight is 612 g/mol. The van der Waals surface area contributed by atoms with Gasteiger partial charge in [0.2, 0.25) is 0 Å². The maximum atomic E-state index is 2.54. The Morgan fingerprint density at radius 3 is 1.63 bits per heavy atom. The number of pyridine rings is 1. The fourth-order valence-electron chi connectivity index (χ4n) is 4.52. The monoisotopic (exact) mass is 609 g/mol. The van der Waals surface area contributed by atoms with Gasteiger partial charge >= 0.3 is 0 Å². The average Bonchev–Trinajstić information content (AvgIpc) is 2.87. The van der Waals surface area contributed by atoms with Gasteiger partial charge in [0, 0.05) is 30.9 Å². The molecule has 1 aromatic heterocycles. The Labute approximate surface area is 237 Å². The van der Waals surface area contributed by atoms with E-state index in [2.05, 4.69) is 105 Å². The first kappa shape index (κ1) is 33.8. The summed E-state index contributed by atoms with van der Waals surface area (Å²) in [6.07, 6.45) is 15.1. The van der Waals surface area contributed by atoms with Gasteiger partial charge in [0.25, 0.3) is 0 Å². The second-order valence-electron chi connectivity index (χ2n) is 9.36. The summed E-state index contributed by atoms with van der Waals surface area (Å²) in [7, 11) is 0. The third-order valence-electron chi connectivity index (χ3n) is 7.27. The summed E-state index contributed by atoms with van der Waals surface area (Å²) in [4.78, 5) is 2.54. The van der Waals surface area contributed by atoms with Crippen LogP contribution in [0.3, 0.4) is 0 Å². The summed E-state index contributed by atoms with van der Waals surface area (Å²) < 4.78 is 3.55. The second kappa shape index (κ2) is 19.0. The van der Waals surface area contributed by atoms with Crippen molar-refractivity contribution in [2.75, 3.05) is 44.2 Å². The number of halogens is 2. The van der Waals surface area contributed by atoms with E-state index < -0.39 is 0 Å². The number of nitrogens with zero attached hydrogens (tertiary/aromatic N) is 3. The summed E-state index contributed by atoms with van der Waals surface area (Å²) in [5.74, 6) is 0. The van der Waals surface area contributed by atoms with Gasteiger partial charge in [-0.05, 0) is 56.9 Å². The lowest BCUT2D eigenvalue weighted by Crippen LogP contribution is -3.00. The molecule has 1 heterocycles. The molecule has 2 aromatic rings. The Kier molecular flexibility index (Phi) is 18.4. The fraction of sp³-hybridized carbons (Fsp3) is 0.567. The van der Waals surface area contributed by atoms with Gasteiger partial charge in [-0.25, -0.2) is 4.57 Å². The van der Waals surface area contributed by atoms with Crippen LogP contribution < -0.4 is 43.4 Å². The Morgan fingerprint density at radius 2 is 1.17 bits per heavy atom. The van der Waals surface area contributed by atoms with Crippen LogP contribution in [0.15, 0.2) is 48.8 Å². The van der Waals surface area contributed by atoms with Crippen LogP contribution in [-0.2, 0) is 6.54 Å². The normalized spacial score (nSPS) is 11.2. The van der Waals surface area contributed by atoms with Gasteiger partial charge in [0.05, 0.1) is 32.6 Å². The Bertz CT molecular complexity index is 783. The minimum atomic E-state index is 0. The van der Waals surface area contributed by atoms with E-state index in [4.69, 9.17) is 0 Å². The number of benzene rings is 1. The summed E-state index contributed by atoms with van der Waals surface area (Å²) in [6, 6.07) is 13.5.